The van der Waals surface area contributed by atoms with Crippen molar-refractivity contribution in [2.24, 2.45) is 10.8 Å². The van der Waals surface area contributed by atoms with Crippen LogP contribution in [0.5, 0.6) is 0 Å². The van der Waals surface area contributed by atoms with Crippen molar-refractivity contribution in [1.82, 2.24) is 10.6 Å². The largest absolute Gasteiger partial charge is 0.488 e. The van der Waals surface area contributed by atoms with Crippen LogP contribution >= 0.6 is 0 Å². The second kappa shape index (κ2) is 32.0. The Morgan fingerprint density at radius 1 is 0.667 bits per heavy atom. The van der Waals surface area contributed by atoms with E-state index < -0.39 is 0 Å². The van der Waals surface area contributed by atoms with Gasteiger partial charge in [-0.2, -0.15) is 5.11 Å². The Balaban J connectivity index is 3.41. The Labute approximate surface area is 231 Å². The summed E-state index contributed by atoms with van der Waals surface area (Å²) in [7, 11) is 1.74. The molecule has 0 saturated heterocycles. The molecule has 0 spiro atoms. The summed E-state index contributed by atoms with van der Waals surface area (Å²) in [6.07, 6.45) is 4.35. The lowest BCUT2D eigenvalue weighted by atomic mass is 10.5. The second-order valence-corrected chi connectivity index (χ2v) is 7.33. The van der Waals surface area contributed by atoms with Crippen LogP contribution in [0.2, 0.25) is 0 Å². The summed E-state index contributed by atoms with van der Waals surface area (Å²) >= 11 is 0. The lowest BCUT2D eigenvalue weighted by Gasteiger charge is -2.09. The summed E-state index contributed by atoms with van der Waals surface area (Å²) in [6, 6.07) is 0. The minimum atomic E-state index is 0.200. The molecule has 0 heterocycles. The fraction of sp³-hybridized carbons (Fsp3) is 0.792. The Morgan fingerprint density at radius 2 is 1.13 bits per heavy atom. The van der Waals surface area contributed by atoms with Gasteiger partial charge in [-0.25, -0.2) is 5.53 Å². The van der Waals surface area contributed by atoms with Crippen molar-refractivity contribution in [3.8, 4) is 0 Å². The van der Waals surface area contributed by atoms with Gasteiger partial charge in [0.15, 0.2) is 5.76 Å². The van der Waals surface area contributed by atoms with Crippen molar-refractivity contribution < 1.29 is 42.6 Å². The molecule has 0 rings (SSSR count). The first kappa shape index (κ1) is 36.8. The van der Waals surface area contributed by atoms with Gasteiger partial charge >= 0.3 is 0 Å². The molecule has 6 N–H and O–H groups in total. The van der Waals surface area contributed by atoms with Crippen molar-refractivity contribution in [3.63, 3.8) is 0 Å². The van der Waals surface area contributed by atoms with E-state index in [1.165, 1.54) is 0 Å². The molecule has 0 radical (unpaired) electrons. The standard InChI is InChI=1S/C24H48N6O9/c1-28-20-24(18-25)39-17-16-36-5-4-31-3-2-29-19-23(30-27)21-37-14-12-34-10-8-32-6-7-33-9-11-35-13-15-38-22-26/h18-20,25,27-29H,2-17,21-22,26H2,1H3/b23-19-,24-20+,25-18?,30-27?. The van der Waals surface area contributed by atoms with Crippen LogP contribution in [-0.4, -0.2) is 132 Å². The highest BCUT2D eigenvalue weighted by atomic mass is 16.6. The Morgan fingerprint density at radius 3 is 1.59 bits per heavy atom. The molecule has 0 unspecified atom stereocenters. The molecule has 0 fully saturated rings. The van der Waals surface area contributed by atoms with Gasteiger partial charge in [-0.1, -0.05) is 0 Å². The monoisotopic (exact) mass is 564 g/mol. The van der Waals surface area contributed by atoms with Crippen LogP contribution in [0.4, 0.5) is 0 Å². The summed E-state index contributed by atoms with van der Waals surface area (Å²) in [4.78, 5) is 0. The molecule has 228 valence electrons. The third kappa shape index (κ3) is 28.6. The number of allylic oxidation sites excluding steroid dienone is 1. The molecule has 0 aliphatic rings. The number of rotatable bonds is 32. The van der Waals surface area contributed by atoms with E-state index in [9.17, 15) is 0 Å². The highest BCUT2D eigenvalue weighted by Gasteiger charge is 1.98. The molecule has 39 heavy (non-hydrogen) atoms. The van der Waals surface area contributed by atoms with Gasteiger partial charge in [0.25, 0.3) is 0 Å². The fourth-order valence-corrected chi connectivity index (χ4v) is 2.49. The number of nitrogens with one attached hydrogen (secondary N) is 4. The predicted octanol–water partition coefficient (Wildman–Crippen LogP) is 0.224. The number of nitrogens with zero attached hydrogens (tertiary/aromatic N) is 1. The van der Waals surface area contributed by atoms with E-state index in [1.54, 1.807) is 19.4 Å². The number of hydrogen-bond donors (Lipinski definition) is 5. The topological polar surface area (TPSA) is 193 Å². The van der Waals surface area contributed by atoms with Crippen LogP contribution in [0, 0.1) is 10.9 Å². The molecular weight excluding hydrogens is 516 g/mol. The van der Waals surface area contributed by atoms with Crippen LogP contribution < -0.4 is 16.4 Å². The second-order valence-electron chi connectivity index (χ2n) is 7.33. The van der Waals surface area contributed by atoms with E-state index in [-0.39, 0.29) is 13.3 Å². The van der Waals surface area contributed by atoms with E-state index in [2.05, 4.69) is 15.7 Å². The number of nitrogens with two attached hydrogens (primary N) is 1. The van der Waals surface area contributed by atoms with E-state index >= 15 is 0 Å². The summed E-state index contributed by atoms with van der Waals surface area (Å²) in [5, 5.41) is 16.4. The zero-order valence-electron chi connectivity index (χ0n) is 23.2. The van der Waals surface area contributed by atoms with Crippen molar-refractivity contribution in [3.05, 3.63) is 23.9 Å². The van der Waals surface area contributed by atoms with E-state index in [4.69, 9.17) is 59.3 Å². The first-order valence-corrected chi connectivity index (χ1v) is 12.9. The normalized spacial score (nSPS) is 11.9. The van der Waals surface area contributed by atoms with Crippen LogP contribution in [0.1, 0.15) is 0 Å². The van der Waals surface area contributed by atoms with Gasteiger partial charge in [0.2, 0.25) is 0 Å². The predicted molar refractivity (Wildman–Crippen MR) is 144 cm³/mol. The van der Waals surface area contributed by atoms with Crippen LogP contribution in [-0.2, 0) is 42.6 Å². The minimum Gasteiger partial charge on any atom is -0.488 e. The van der Waals surface area contributed by atoms with Crippen molar-refractivity contribution in [2.75, 3.05) is 126 Å². The smallest absolute Gasteiger partial charge is 0.152 e. The number of hydrogen-bond acceptors (Lipinski definition) is 15. The summed E-state index contributed by atoms with van der Waals surface area (Å²) in [5.74, 6) is 0.442. The van der Waals surface area contributed by atoms with Crippen LogP contribution in [0.15, 0.2) is 29.0 Å². The van der Waals surface area contributed by atoms with Crippen LogP contribution in [0.3, 0.4) is 0 Å². The fourth-order valence-electron chi connectivity index (χ4n) is 2.49. The minimum absolute atomic E-state index is 0.200. The zero-order valence-corrected chi connectivity index (χ0v) is 23.2. The molecule has 15 heteroatoms. The first-order chi connectivity index (χ1) is 19.3. The van der Waals surface area contributed by atoms with Gasteiger partial charge in [-0.3, -0.25) is 0 Å². The third-order valence-corrected chi connectivity index (χ3v) is 4.33. The average Bonchev–Trinajstić information content (AvgIpc) is 2.95. The molecule has 0 atom stereocenters. The SMILES string of the molecule is CN/C=C(\C=N)OCCOCCOCCN/C=C(/COCCOCCOCCOCCOCCOCN)N=N. The highest BCUT2D eigenvalue weighted by molar-refractivity contribution is 5.72. The Bertz CT molecular complexity index is 615. The molecule has 0 bridgehead atoms. The van der Waals surface area contributed by atoms with Gasteiger partial charge in [0, 0.05) is 26.0 Å². The molecule has 0 amide bonds. The first-order valence-electron chi connectivity index (χ1n) is 12.9. The van der Waals surface area contributed by atoms with Crippen molar-refractivity contribution >= 4 is 6.21 Å². The van der Waals surface area contributed by atoms with E-state index in [0.29, 0.717) is 117 Å². The highest BCUT2D eigenvalue weighted by Crippen LogP contribution is 1.96. The summed E-state index contributed by atoms with van der Waals surface area (Å²) < 4.78 is 48.1. The quantitative estimate of drug-likeness (QED) is 0.0246. The van der Waals surface area contributed by atoms with Gasteiger partial charge in [-0.05, 0) is 0 Å². The number of ether oxygens (including phenoxy) is 9. The van der Waals surface area contributed by atoms with E-state index in [0.717, 1.165) is 6.21 Å². The zero-order chi connectivity index (χ0) is 28.5. The van der Waals surface area contributed by atoms with E-state index in [1.807, 2.05) is 0 Å². The average molecular weight is 565 g/mol. The van der Waals surface area contributed by atoms with Gasteiger partial charge in [0.05, 0.1) is 112 Å². The van der Waals surface area contributed by atoms with Crippen molar-refractivity contribution in [2.45, 2.75) is 0 Å². The van der Waals surface area contributed by atoms with Gasteiger partial charge in [-0.15, -0.1) is 0 Å². The molecular formula is C24H48N6O9. The third-order valence-electron chi connectivity index (χ3n) is 4.33. The molecule has 0 aromatic carbocycles. The van der Waals surface area contributed by atoms with Gasteiger partial charge < -0.3 is 64.4 Å². The summed E-state index contributed by atoms with van der Waals surface area (Å²) in [6.45, 7) is 7.81. The lowest BCUT2D eigenvalue weighted by molar-refractivity contribution is -0.0156. The van der Waals surface area contributed by atoms with Crippen molar-refractivity contribution in [1.29, 1.82) is 10.9 Å². The summed E-state index contributed by atoms with van der Waals surface area (Å²) in [5.41, 5.74) is 12.9. The molecule has 0 aliphatic carbocycles. The molecule has 0 aromatic heterocycles. The molecule has 0 aliphatic heterocycles. The van der Waals surface area contributed by atoms with Crippen LogP contribution in [0.25, 0.3) is 0 Å². The Hall–Kier alpha value is -2.21. The molecule has 15 nitrogen and oxygen atoms in total. The maximum Gasteiger partial charge on any atom is 0.152 e. The molecule has 0 aromatic rings. The lowest BCUT2D eigenvalue weighted by Crippen LogP contribution is -2.17. The maximum atomic E-state index is 7.23. The van der Waals surface area contributed by atoms with Gasteiger partial charge in [0.1, 0.15) is 12.3 Å². The molecule has 0 saturated carbocycles. The Kier molecular flexibility index (Phi) is 30.2. The maximum absolute atomic E-state index is 7.23.